The van der Waals surface area contributed by atoms with Crippen LogP contribution in [0.15, 0.2) is 30.3 Å². The molecule has 1 saturated heterocycles. The van der Waals surface area contributed by atoms with Gasteiger partial charge < -0.3 is 4.74 Å². The molecule has 0 radical (unpaired) electrons. The first-order chi connectivity index (χ1) is 9.81. The monoisotopic (exact) mass is 275 g/mol. The van der Waals surface area contributed by atoms with Crippen LogP contribution in [0.2, 0.25) is 0 Å². The molecule has 2 rings (SSSR count). The van der Waals surface area contributed by atoms with E-state index in [1.54, 1.807) is 0 Å². The second-order valence-electron chi connectivity index (χ2n) is 5.42. The van der Waals surface area contributed by atoms with Crippen molar-refractivity contribution < 1.29 is 9.53 Å². The maximum atomic E-state index is 12.4. The van der Waals surface area contributed by atoms with E-state index in [1.807, 2.05) is 30.3 Å². The van der Waals surface area contributed by atoms with Gasteiger partial charge in [-0.2, -0.15) is 0 Å². The summed E-state index contributed by atoms with van der Waals surface area (Å²) in [4.78, 5) is 14.7. The van der Waals surface area contributed by atoms with E-state index in [0.717, 1.165) is 31.7 Å². The van der Waals surface area contributed by atoms with E-state index < -0.39 is 0 Å². The van der Waals surface area contributed by atoms with Crippen LogP contribution in [0.1, 0.15) is 49.4 Å². The van der Waals surface area contributed by atoms with Crippen LogP contribution in [0, 0.1) is 0 Å². The molecule has 1 aromatic carbocycles. The largest absolute Gasteiger partial charge is 0.363 e. The number of benzene rings is 1. The zero-order valence-electron chi connectivity index (χ0n) is 12.4. The van der Waals surface area contributed by atoms with Crippen LogP contribution in [0.3, 0.4) is 0 Å². The van der Waals surface area contributed by atoms with Crippen molar-refractivity contribution in [2.45, 2.75) is 45.3 Å². The quantitative estimate of drug-likeness (QED) is 0.713. The third-order valence-corrected chi connectivity index (χ3v) is 3.77. The number of Topliss-reactive ketones (excluding diaryl/α,β-unsaturated/α-hetero) is 1. The Morgan fingerprint density at radius 2 is 1.90 bits per heavy atom. The topological polar surface area (TPSA) is 29.5 Å². The lowest BCUT2D eigenvalue weighted by atomic mass is 10.1. The first-order valence-corrected chi connectivity index (χ1v) is 7.75. The second kappa shape index (κ2) is 8.18. The van der Waals surface area contributed by atoms with E-state index in [2.05, 4.69) is 11.8 Å². The molecule has 3 nitrogen and oxygen atoms in total. The molecule has 1 aromatic rings. The van der Waals surface area contributed by atoms with E-state index in [-0.39, 0.29) is 12.0 Å². The van der Waals surface area contributed by atoms with Gasteiger partial charge in [-0.1, -0.05) is 43.7 Å². The highest BCUT2D eigenvalue weighted by Gasteiger charge is 2.24. The Kier molecular flexibility index (Phi) is 6.22. The first kappa shape index (κ1) is 15.2. The molecule has 1 aliphatic heterocycles. The van der Waals surface area contributed by atoms with Crippen molar-refractivity contribution in [2.24, 2.45) is 0 Å². The van der Waals surface area contributed by atoms with Gasteiger partial charge in [0.2, 0.25) is 0 Å². The highest BCUT2D eigenvalue weighted by Crippen LogP contribution is 2.17. The Morgan fingerprint density at radius 1 is 1.20 bits per heavy atom. The van der Waals surface area contributed by atoms with E-state index in [1.165, 1.54) is 19.3 Å². The summed E-state index contributed by atoms with van der Waals surface area (Å²) < 4.78 is 5.93. The van der Waals surface area contributed by atoms with Gasteiger partial charge >= 0.3 is 0 Å². The number of carbonyl (C=O) groups excluding carboxylic acids is 1. The molecule has 110 valence electrons. The molecule has 0 bridgehead atoms. The van der Waals surface area contributed by atoms with Gasteiger partial charge in [-0.15, -0.1) is 0 Å². The minimum Gasteiger partial charge on any atom is -0.363 e. The van der Waals surface area contributed by atoms with Gasteiger partial charge in [0.05, 0.1) is 6.42 Å². The minimum absolute atomic E-state index is 0.0528. The molecule has 1 unspecified atom stereocenters. The summed E-state index contributed by atoms with van der Waals surface area (Å²) in [5.41, 5.74) is 0.787. The molecular weight excluding hydrogens is 250 g/mol. The smallest absolute Gasteiger partial charge is 0.166 e. The van der Waals surface area contributed by atoms with Crippen molar-refractivity contribution >= 4 is 5.78 Å². The lowest BCUT2D eigenvalue weighted by molar-refractivity contribution is -0.0658. The molecular formula is C17H25NO2. The fourth-order valence-electron chi connectivity index (χ4n) is 2.65. The fraction of sp³-hybridized carbons (Fsp3) is 0.588. The lowest BCUT2D eigenvalue weighted by Gasteiger charge is -2.34. The number of rotatable bonds is 7. The molecule has 3 heteroatoms. The van der Waals surface area contributed by atoms with Gasteiger partial charge in [-0.05, 0) is 19.3 Å². The number of ketones is 1. The van der Waals surface area contributed by atoms with Crippen molar-refractivity contribution in [3.63, 3.8) is 0 Å². The first-order valence-electron chi connectivity index (χ1n) is 7.75. The summed E-state index contributed by atoms with van der Waals surface area (Å²) >= 11 is 0. The van der Waals surface area contributed by atoms with Gasteiger partial charge in [-0.3, -0.25) is 9.69 Å². The molecule has 1 aliphatic rings. The summed E-state index contributed by atoms with van der Waals surface area (Å²) in [7, 11) is 0. The van der Waals surface area contributed by atoms with Crippen LogP contribution < -0.4 is 0 Å². The summed E-state index contributed by atoms with van der Waals surface area (Å²) in [5, 5.41) is 0. The molecule has 0 amide bonds. The zero-order chi connectivity index (χ0) is 14.2. The number of hydrogen-bond donors (Lipinski definition) is 0. The third-order valence-electron chi connectivity index (χ3n) is 3.77. The normalized spacial score (nSPS) is 17.9. The van der Waals surface area contributed by atoms with E-state index in [4.69, 9.17) is 4.74 Å². The van der Waals surface area contributed by atoms with Gasteiger partial charge in [0, 0.05) is 25.3 Å². The molecule has 0 N–H and O–H groups in total. The molecule has 1 fully saturated rings. The van der Waals surface area contributed by atoms with Crippen molar-refractivity contribution in [3.8, 4) is 0 Å². The third kappa shape index (κ3) is 4.43. The van der Waals surface area contributed by atoms with Gasteiger partial charge in [0.15, 0.2) is 5.78 Å². The zero-order valence-corrected chi connectivity index (χ0v) is 12.4. The van der Waals surface area contributed by atoms with Crippen molar-refractivity contribution in [1.29, 1.82) is 0 Å². The number of ether oxygens (including phenoxy) is 1. The molecule has 0 aromatic heterocycles. The van der Waals surface area contributed by atoms with Crippen LogP contribution in [-0.2, 0) is 4.74 Å². The number of nitrogens with zero attached hydrogens (tertiary/aromatic N) is 1. The number of likely N-dealkylation sites (tertiary alicyclic amines) is 1. The Balaban J connectivity index is 1.97. The Bertz CT molecular complexity index is 399. The summed E-state index contributed by atoms with van der Waals surface area (Å²) in [6, 6.07) is 9.53. The molecule has 1 atom stereocenters. The van der Waals surface area contributed by atoms with Gasteiger partial charge in [0.25, 0.3) is 0 Å². The maximum absolute atomic E-state index is 12.4. The van der Waals surface area contributed by atoms with Crippen LogP contribution in [0.25, 0.3) is 0 Å². The molecule has 20 heavy (non-hydrogen) atoms. The Labute approximate surface area is 121 Å². The second-order valence-corrected chi connectivity index (χ2v) is 5.42. The summed E-state index contributed by atoms with van der Waals surface area (Å²) in [5.74, 6) is 0.178. The van der Waals surface area contributed by atoms with Crippen LogP contribution in [0.5, 0.6) is 0 Å². The van der Waals surface area contributed by atoms with Crippen LogP contribution in [-0.4, -0.2) is 36.6 Å². The lowest BCUT2D eigenvalue weighted by Crippen LogP contribution is -2.42. The molecule has 0 spiro atoms. The predicted octanol–water partition coefficient (Wildman–Crippen LogP) is 3.50. The highest BCUT2D eigenvalue weighted by atomic mass is 16.5. The molecule has 0 saturated carbocycles. The minimum atomic E-state index is -0.0528. The van der Waals surface area contributed by atoms with E-state index in [9.17, 15) is 4.79 Å². The number of hydrogen-bond acceptors (Lipinski definition) is 3. The Morgan fingerprint density at radius 3 is 2.55 bits per heavy atom. The number of carbonyl (C=O) groups is 1. The number of piperidine rings is 1. The molecule has 1 heterocycles. The average molecular weight is 275 g/mol. The van der Waals surface area contributed by atoms with Gasteiger partial charge in [0.1, 0.15) is 6.23 Å². The van der Waals surface area contributed by atoms with Crippen molar-refractivity contribution in [3.05, 3.63) is 35.9 Å². The van der Waals surface area contributed by atoms with Crippen molar-refractivity contribution in [1.82, 2.24) is 4.90 Å². The average Bonchev–Trinajstić information content (AvgIpc) is 2.53. The summed E-state index contributed by atoms with van der Waals surface area (Å²) in [6.07, 6.45) is 5.12. The van der Waals surface area contributed by atoms with Gasteiger partial charge in [-0.25, -0.2) is 0 Å². The van der Waals surface area contributed by atoms with Crippen LogP contribution >= 0.6 is 0 Å². The summed E-state index contributed by atoms with van der Waals surface area (Å²) in [6.45, 7) is 4.93. The standard InChI is InChI=1S/C17H25NO2/c1-2-13-20-17(18-11-7-4-8-12-18)14-16(19)15-9-5-3-6-10-15/h3,5-6,9-10,17H,2,4,7-8,11-14H2,1H3. The van der Waals surface area contributed by atoms with E-state index >= 15 is 0 Å². The van der Waals surface area contributed by atoms with Crippen molar-refractivity contribution in [2.75, 3.05) is 19.7 Å². The SMILES string of the molecule is CCCOC(CC(=O)c1ccccc1)N1CCCCC1. The fourth-order valence-corrected chi connectivity index (χ4v) is 2.65. The van der Waals surface area contributed by atoms with Crippen LogP contribution in [0.4, 0.5) is 0 Å². The van der Waals surface area contributed by atoms with E-state index in [0.29, 0.717) is 6.42 Å². The molecule has 0 aliphatic carbocycles. The predicted molar refractivity (Wildman–Crippen MR) is 80.8 cm³/mol. The Hall–Kier alpha value is -1.19. The highest BCUT2D eigenvalue weighted by molar-refractivity contribution is 5.96. The maximum Gasteiger partial charge on any atom is 0.166 e.